The molecule has 0 spiro atoms. The molecule has 0 saturated carbocycles. The highest BCUT2D eigenvalue weighted by Gasteiger charge is 2.13. The minimum atomic E-state index is -0.738. The molecule has 0 aliphatic carbocycles. The number of carbonyl (C=O) groups is 1. The number of nitrogens with zero attached hydrogens (tertiary/aromatic N) is 2. The number of hydrogen-bond donors (Lipinski definition) is 1. The standard InChI is InChI=1S/C17H15F2N3O/c1-22-10-11(13-3-2-7-20-16(13)22)6-8-21-17(23)14-9-12(18)4-5-15(14)19/h2-5,7,9-10H,6,8H2,1H3,(H,21,23). The fourth-order valence-corrected chi connectivity index (χ4v) is 2.57. The molecular formula is C17H15F2N3O. The molecule has 0 bridgehead atoms. The Balaban J connectivity index is 1.69. The molecule has 23 heavy (non-hydrogen) atoms. The minimum absolute atomic E-state index is 0.287. The maximum absolute atomic E-state index is 13.5. The van der Waals surface area contributed by atoms with Crippen LogP contribution in [0.2, 0.25) is 0 Å². The summed E-state index contributed by atoms with van der Waals surface area (Å²) in [5, 5.41) is 3.63. The number of amides is 1. The van der Waals surface area contributed by atoms with Crippen LogP contribution in [0.5, 0.6) is 0 Å². The summed E-state index contributed by atoms with van der Waals surface area (Å²) in [5.41, 5.74) is 1.62. The van der Waals surface area contributed by atoms with Gasteiger partial charge in [-0.3, -0.25) is 4.79 Å². The summed E-state index contributed by atoms with van der Waals surface area (Å²) < 4.78 is 28.6. The van der Waals surface area contributed by atoms with Crippen molar-refractivity contribution in [2.75, 3.05) is 6.54 Å². The first-order valence-electron chi connectivity index (χ1n) is 7.18. The van der Waals surface area contributed by atoms with Gasteiger partial charge in [-0.15, -0.1) is 0 Å². The SMILES string of the molecule is Cn1cc(CCNC(=O)c2cc(F)ccc2F)c2cccnc21. The van der Waals surface area contributed by atoms with E-state index >= 15 is 0 Å². The molecule has 1 amide bonds. The molecule has 118 valence electrons. The topological polar surface area (TPSA) is 46.9 Å². The Kier molecular flexibility index (Phi) is 4.06. The van der Waals surface area contributed by atoms with E-state index in [1.54, 1.807) is 6.20 Å². The van der Waals surface area contributed by atoms with Crippen molar-refractivity contribution in [2.45, 2.75) is 6.42 Å². The highest BCUT2D eigenvalue weighted by Crippen LogP contribution is 2.18. The second-order valence-corrected chi connectivity index (χ2v) is 5.27. The molecule has 3 aromatic rings. The molecule has 0 radical (unpaired) electrons. The van der Waals surface area contributed by atoms with Gasteiger partial charge < -0.3 is 9.88 Å². The van der Waals surface area contributed by atoms with Gasteiger partial charge in [-0.2, -0.15) is 0 Å². The van der Waals surface area contributed by atoms with E-state index in [2.05, 4.69) is 10.3 Å². The van der Waals surface area contributed by atoms with Crippen molar-refractivity contribution in [2.24, 2.45) is 7.05 Å². The number of carbonyl (C=O) groups excluding carboxylic acids is 1. The zero-order chi connectivity index (χ0) is 16.4. The molecule has 2 aromatic heterocycles. The third-order valence-corrected chi connectivity index (χ3v) is 3.67. The largest absolute Gasteiger partial charge is 0.352 e. The third kappa shape index (κ3) is 3.06. The Labute approximate surface area is 131 Å². The first-order chi connectivity index (χ1) is 11.1. The molecule has 0 atom stereocenters. The zero-order valence-electron chi connectivity index (χ0n) is 12.5. The molecule has 1 aromatic carbocycles. The van der Waals surface area contributed by atoms with Crippen molar-refractivity contribution < 1.29 is 13.6 Å². The van der Waals surface area contributed by atoms with Crippen molar-refractivity contribution in [3.63, 3.8) is 0 Å². The van der Waals surface area contributed by atoms with Gasteiger partial charge in [0.05, 0.1) is 5.56 Å². The van der Waals surface area contributed by atoms with Crippen LogP contribution < -0.4 is 5.32 Å². The van der Waals surface area contributed by atoms with Gasteiger partial charge in [-0.25, -0.2) is 13.8 Å². The van der Waals surface area contributed by atoms with E-state index in [1.807, 2.05) is 29.9 Å². The van der Waals surface area contributed by atoms with Gasteiger partial charge in [0.2, 0.25) is 0 Å². The lowest BCUT2D eigenvalue weighted by Crippen LogP contribution is -2.26. The van der Waals surface area contributed by atoms with E-state index in [0.29, 0.717) is 13.0 Å². The van der Waals surface area contributed by atoms with Crippen LogP contribution in [-0.2, 0) is 13.5 Å². The molecule has 0 unspecified atom stereocenters. The monoisotopic (exact) mass is 315 g/mol. The maximum Gasteiger partial charge on any atom is 0.254 e. The lowest BCUT2D eigenvalue weighted by molar-refractivity contribution is 0.0949. The van der Waals surface area contributed by atoms with Crippen LogP contribution in [0.3, 0.4) is 0 Å². The average molecular weight is 315 g/mol. The number of aryl methyl sites for hydroxylation is 1. The van der Waals surface area contributed by atoms with Crippen molar-refractivity contribution in [3.05, 3.63) is 65.5 Å². The van der Waals surface area contributed by atoms with Crippen LogP contribution >= 0.6 is 0 Å². The molecule has 0 fully saturated rings. The second-order valence-electron chi connectivity index (χ2n) is 5.27. The van der Waals surface area contributed by atoms with Crippen molar-refractivity contribution in [1.29, 1.82) is 0 Å². The van der Waals surface area contributed by atoms with Gasteiger partial charge in [-0.1, -0.05) is 0 Å². The number of nitrogens with one attached hydrogen (secondary N) is 1. The Morgan fingerprint density at radius 1 is 1.30 bits per heavy atom. The van der Waals surface area contributed by atoms with E-state index in [-0.39, 0.29) is 5.56 Å². The highest BCUT2D eigenvalue weighted by atomic mass is 19.1. The average Bonchev–Trinajstić information content (AvgIpc) is 2.86. The van der Waals surface area contributed by atoms with E-state index < -0.39 is 17.5 Å². The van der Waals surface area contributed by atoms with Gasteiger partial charge in [0.25, 0.3) is 5.91 Å². The number of benzene rings is 1. The first-order valence-corrected chi connectivity index (χ1v) is 7.18. The third-order valence-electron chi connectivity index (χ3n) is 3.67. The van der Waals surface area contributed by atoms with Gasteiger partial charge in [0.15, 0.2) is 0 Å². The normalized spacial score (nSPS) is 10.9. The number of aromatic nitrogens is 2. The minimum Gasteiger partial charge on any atom is -0.352 e. The van der Waals surface area contributed by atoms with Crippen molar-refractivity contribution >= 4 is 16.9 Å². The molecule has 0 saturated heterocycles. The first kappa shape index (κ1) is 15.1. The molecular weight excluding hydrogens is 300 g/mol. The zero-order valence-corrected chi connectivity index (χ0v) is 12.5. The number of pyridine rings is 1. The van der Waals surface area contributed by atoms with Crippen LogP contribution in [-0.4, -0.2) is 22.0 Å². The van der Waals surface area contributed by atoms with E-state index in [1.165, 1.54) is 0 Å². The van der Waals surface area contributed by atoms with Crippen LogP contribution in [0.25, 0.3) is 11.0 Å². The summed E-state index contributed by atoms with van der Waals surface area (Å²) in [5.74, 6) is -2.00. The number of rotatable bonds is 4. The summed E-state index contributed by atoms with van der Waals surface area (Å²) in [7, 11) is 1.90. The van der Waals surface area contributed by atoms with Gasteiger partial charge in [0.1, 0.15) is 17.3 Å². The molecule has 1 N–H and O–H groups in total. The van der Waals surface area contributed by atoms with Crippen LogP contribution in [0, 0.1) is 11.6 Å². The Morgan fingerprint density at radius 3 is 2.96 bits per heavy atom. The van der Waals surface area contributed by atoms with Crippen molar-refractivity contribution in [3.8, 4) is 0 Å². The van der Waals surface area contributed by atoms with Gasteiger partial charge in [-0.05, 0) is 42.3 Å². The quantitative estimate of drug-likeness (QED) is 0.805. The highest BCUT2D eigenvalue weighted by molar-refractivity contribution is 5.94. The Morgan fingerprint density at radius 2 is 2.13 bits per heavy atom. The number of hydrogen-bond acceptors (Lipinski definition) is 2. The van der Waals surface area contributed by atoms with Crippen LogP contribution in [0.15, 0.2) is 42.7 Å². The van der Waals surface area contributed by atoms with Crippen LogP contribution in [0.1, 0.15) is 15.9 Å². The van der Waals surface area contributed by atoms with E-state index in [0.717, 1.165) is 34.8 Å². The van der Waals surface area contributed by atoms with E-state index in [4.69, 9.17) is 0 Å². The molecule has 0 aliphatic heterocycles. The predicted octanol–water partition coefficient (Wildman–Crippen LogP) is 2.82. The van der Waals surface area contributed by atoms with Gasteiger partial charge in [0, 0.05) is 31.4 Å². The smallest absolute Gasteiger partial charge is 0.254 e. The summed E-state index contributed by atoms with van der Waals surface area (Å²) in [6, 6.07) is 6.64. The molecule has 6 heteroatoms. The summed E-state index contributed by atoms with van der Waals surface area (Å²) in [4.78, 5) is 16.2. The molecule has 0 aliphatic rings. The summed E-state index contributed by atoms with van der Waals surface area (Å²) in [6.07, 6.45) is 4.25. The fourth-order valence-electron chi connectivity index (χ4n) is 2.57. The lowest BCUT2D eigenvalue weighted by Gasteiger charge is -2.06. The summed E-state index contributed by atoms with van der Waals surface area (Å²) in [6.45, 7) is 0.322. The summed E-state index contributed by atoms with van der Waals surface area (Å²) >= 11 is 0. The van der Waals surface area contributed by atoms with Crippen molar-refractivity contribution in [1.82, 2.24) is 14.9 Å². The maximum atomic E-state index is 13.5. The lowest BCUT2D eigenvalue weighted by atomic mass is 10.1. The van der Waals surface area contributed by atoms with Crippen LogP contribution in [0.4, 0.5) is 8.78 Å². The van der Waals surface area contributed by atoms with E-state index in [9.17, 15) is 13.6 Å². The Hall–Kier alpha value is -2.76. The van der Waals surface area contributed by atoms with Gasteiger partial charge >= 0.3 is 0 Å². The molecule has 4 nitrogen and oxygen atoms in total. The fraction of sp³-hybridized carbons (Fsp3) is 0.176. The second kappa shape index (κ2) is 6.16. The number of halogens is 2. The molecule has 3 rings (SSSR count). The Bertz CT molecular complexity index is 873. The number of fused-ring (bicyclic) bond motifs is 1. The molecule has 2 heterocycles. The predicted molar refractivity (Wildman–Crippen MR) is 83.1 cm³/mol.